The number of aromatic nitrogens is 3. The maximum Gasteiger partial charge on any atom is 0.225 e. The summed E-state index contributed by atoms with van der Waals surface area (Å²) in [5.41, 5.74) is 2.32. The molecule has 110 valence electrons. The highest BCUT2D eigenvalue weighted by atomic mass is 16.1. The zero-order valence-electron chi connectivity index (χ0n) is 12.2. The summed E-state index contributed by atoms with van der Waals surface area (Å²) in [4.78, 5) is 12.4. The number of para-hydroxylation sites is 1. The Bertz CT molecular complexity index is 651. The second-order valence-corrected chi connectivity index (χ2v) is 5.48. The first-order chi connectivity index (χ1) is 10.1. The molecule has 2 unspecified atom stereocenters. The molecule has 6 heteroatoms. The Hall–Kier alpha value is -2.37. The van der Waals surface area contributed by atoms with E-state index in [1.54, 1.807) is 10.9 Å². The third-order valence-corrected chi connectivity index (χ3v) is 4.01. The number of carbonyl (C=O) groups excluding carboxylic acids is 1. The van der Waals surface area contributed by atoms with Crippen LogP contribution in [0, 0.1) is 5.92 Å². The van der Waals surface area contributed by atoms with Gasteiger partial charge >= 0.3 is 0 Å². The predicted octanol–water partition coefficient (Wildman–Crippen LogP) is 1.10. The van der Waals surface area contributed by atoms with Crippen LogP contribution in [0.5, 0.6) is 0 Å². The average Bonchev–Trinajstić information content (AvgIpc) is 2.89. The quantitative estimate of drug-likeness (QED) is 0.886. The Morgan fingerprint density at radius 2 is 2.29 bits per heavy atom. The van der Waals surface area contributed by atoms with Crippen LogP contribution in [-0.2, 0) is 24.8 Å². The van der Waals surface area contributed by atoms with Gasteiger partial charge in [0.05, 0.1) is 12.5 Å². The van der Waals surface area contributed by atoms with E-state index in [1.165, 1.54) is 5.56 Å². The minimum atomic E-state index is -0.0758. The first-order valence-corrected chi connectivity index (χ1v) is 7.10. The van der Waals surface area contributed by atoms with Gasteiger partial charge in [0.1, 0.15) is 6.33 Å². The molecule has 2 aromatic rings. The van der Waals surface area contributed by atoms with Crippen LogP contribution in [0.15, 0.2) is 30.6 Å². The molecule has 1 aliphatic heterocycles. The van der Waals surface area contributed by atoms with Gasteiger partial charge < -0.3 is 15.2 Å². The number of nitrogens with zero attached hydrogens (tertiary/aromatic N) is 3. The van der Waals surface area contributed by atoms with Gasteiger partial charge in [-0.15, -0.1) is 10.2 Å². The molecule has 0 saturated carbocycles. The summed E-state index contributed by atoms with van der Waals surface area (Å²) in [7, 11) is 1.86. The number of hydrogen-bond acceptors (Lipinski definition) is 4. The van der Waals surface area contributed by atoms with E-state index in [4.69, 9.17) is 0 Å². The van der Waals surface area contributed by atoms with Crippen LogP contribution in [0.4, 0.5) is 5.69 Å². The number of hydrogen-bond donors (Lipinski definition) is 2. The van der Waals surface area contributed by atoms with Crippen LogP contribution in [0.2, 0.25) is 0 Å². The average molecular weight is 285 g/mol. The second-order valence-electron chi connectivity index (χ2n) is 5.48. The van der Waals surface area contributed by atoms with Crippen LogP contribution in [0.25, 0.3) is 0 Å². The SMILES string of the molecule is CC1Nc2ccccc2CC1C(=O)NCc1nncn1C. The van der Waals surface area contributed by atoms with E-state index in [0.717, 1.165) is 17.9 Å². The summed E-state index contributed by atoms with van der Waals surface area (Å²) in [6, 6.07) is 8.24. The van der Waals surface area contributed by atoms with E-state index in [1.807, 2.05) is 26.1 Å². The van der Waals surface area contributed by atoms with E-state index in [2.05, 4.69) is 33.0 Å². The molecule has 1 aromatic heterocycles. The number of nitrogens with one attached hydrogen (secondary N) is 2. The highest BCUT2D eigenvalue weighted by Gasteiger charge is 2.30. The first-order valence-electron chi connectivity index (χ1n) is 7.10. The molecular weight excluding hydrogens is 266 g/mol. The van der Waals surface area contributed by atoms with Crippen LogP contribution in [-0.4, -0.2) is 26.7 Å². The van der Waals surface area contributed by atoms with Crippen LogP contribution < -0.4 is 10.6 Å². The van der Waals surface area contributed by atoms with Crippen molar-refractivity contribution in [3.8, 4) is 0 Å². The minimum Gasteiger partial charge on any atom is -0.382 e. The van der Waals surface area contributed by atoms with Gasteiger partial charge in [-0.05, 0) is 25.0 Å². The molecule has 6 nitrogen and oxygen atoms in total. The van der Waals surface area contributed by atoms with Crippen molar-refractivity contribution in [2.75, 3.05) is 5.32 Å². The van der Waals surface area contributed by atoms with Crippen LogP contribution in [0.3, 0.4) is 0 Å². The Morgan fingerprint density at radius 3 is 3.05 bits per heavy atom. The van der Waals surface area contributed by atoms with Crippen molar-refractivity contribution in [2.24, 2.45) is 13.0 Å². The van der Waals surface area contributed by atoms with Gasteiger partial charge in [-0.2, -0.15) is 0 Å². The number of carbonyl (C=O) groups is 1. The molecule has 1 amide bonds. The Balaban J connectivity index is 1.66. The van der Waals surface area contributed by atoms with Crippen LogP contribution in [0.1, 0.15) is 18.3 Å². The van der Waals surface area contributed by atoms with Crippen molar-refractivity contribution in [1.29, 1.82) is 0 Å². The normalized spacial score (nSPS) is 20.5. The van der Waals surface area contributed by atoms with Gasteiger partial charge in [0.2, 0.25) is 5.91 Å². The van der Waals surface area contributed by atoms with Crippen molar-refractivity contribution in [3.63, 3.8) is 0 Å². The Labute approximate surface area is 123 Å². The zero-order valence-corrected chi connectivity index (χ0v) is 12.2. The highest BCUT2D eigenvalue weighted by Crippen LogP contribution is 2.28. The lowest BCUT2D eigenvalue weighted by Gasteiger charge is -2.31. The lowest BCUT2D eigenvalue weighted by Crippen LogP contribution is -2.43. The number of amides is 1. The molecule has 2 heterocycles. The largest absolute Gasteiger partial charge is 0.382 e. The molecule has 2 atom stereocenters. The Kier molecular flexibility index (Phi) is 3.60. The summed E-state index contributed by atoms with van der Waals surface area (Å²) in [6.07, 6.45) is 2.39. The molecule has 0 saturated heterocycles. The monoisotopic (exact) mass is 285 g/mol. The standard InChI is InChI=1S/C15H19N5O/c1-10-12(7-11-5-3-4-6-13(11)18-10)15(21)16-8-14-19-17-9-20(14)2/h3-6,9-10,12,18H,7-8H2,1-2H3,(H,16,21). The van der Waals surface area contributed by atoms with Gasteiger partial charge in [0.15, 0.2) is 5.82 Å². The van der Waals surface area contributed by atoms with Gasteiger partial charge in [-0.3, -0.25) is 4.79 Å². The van der Waals surface area contributed by atoms with Gasteiger partial charge in [0, 0.05) is 18.8 Å². The van der Waals surface area contributed by atoms with E-state index < -0.39 is 0 Å². The molecule has 0 fully saturated rings. The zero-order chi connectivity index (χ0) is 14.8. The van der Waals surface area contributed by atoms with Gasteiger partial charge in [-0.1, -0.05) is 18.2 Å². The number of rotatable bonds is 3. The highest BCUT2D eigenvalue weighted by molar-refractivity contribution is 5.81. The molecule has 1 aromatic carbocycles. The molecule has 0 spiro atoms. The lowest BCUT2D eigenvalue weighted by atomic mass is 9.87. The molecule has 1 aliphatic rings. The molecule has 2 N–H and O–H groups in total. The fourth-order valence-electron chi connectivity index (χ4n) is 2.68. The first kappa shape index (κ1) is 13.6. The fraction of sp³-hybridized carbons (Fsp3) is 0.400. The minimum absolute atomic E-state index is 0.0486. The topological polar surface area (TPSA) is 71.8 Å². The molecule has 0 bridgehead atoms. The second kappa shape index (κ2) is 5.55. The molecule has 3 rings (SSSR count). The summed E-state index contributed by atoms with van der Waals surface area (Å²) in [5, 5.41) is 14.1. The van der Waals surface area contributed by atoms with E-state index in [-0.39, 0.29) is 17.9 Å². The van der Waals surface area contributed by atoms with Gasteiger partial charge in [-0.25, -0.2) is 0 Å². The van der Waals surface area contributed by atoms with E-state index >= 15 is 0 Å². The molecule has 0 aliphatic carbocycles. The summed E-state index contributed by atoms with van der Waals surface area (Å²) >= 11 is 0. The number of fused-ring (bicyclic) bond motifs is 1. The van der Waals surface area contributed by atoms with E-state index in [9.17, 15) is 4.79 Å². The van der Waals surface area contributed by atoms with Gasteiger partial charge in [0.25, 0.3) is 0 Å². The third kappa shape index (κ3) is 2.74. The molecule has 0 radical (unpaired) electrons. The third-order valence-electron chi connectivity index (χ3n) is 4.01. The van der Waals surface area contributed by atoms with Crippen molar-refractivity contribution >= 4 is 11.6 Å². The smallest absolute Gasteiger partial charge is 0.225 e. The summed E-state index contributed by atoms with van der Waals surface area (Å²) in [5.74, 6) is 0.723. The lowest BCUT2D eigenvalue weighted by molar-refractivity contribution is -0.125. The van der Waals surface area contributed by atoms with Crippen molar-refractivity contribution in [3.05, 3.63) is 42.0 Å². The molecule has 21 heavy (non-hydrogen) atoms. The summed E-state index contributed by atoms with van der Waals surface area (Å²) in [6.45, 7) is 2.45. The van der Waals surface area contributed by atoms with Crippen LogP contribution >= 0.6 is 0 Å². The number of anilines is 1. The van der Waals surface area contributed by atoms with Crippen molar-refractivity contribution in [2.45, 2.75) is 25.9 Å². The maximum atomic E-state index is 12.4. The van der Waals surface area contributed by atoms with E-state index in [0.29, 0.717) is 6.54 Å². The maximum absolute atomic E-state index is 12.4. The fourth-order valence-corrected chi connectivity index (χ4v) is 2.68. The van der Waals surface area contributed by atoms with Crippen molar-refractivity contribution in [1.82, 2.24) is 20.1 Å². The Morgan fingerprint density at radius 1 is 1.48 bits per heavy atom. The predicted molar refractivity (Wildman–Crippen MR) is 79.6 cm³/mol. The summed E-state index contributed by atoms with van der Waals surface area (Å²) < 4.78 is 1.80. The number of aryl methyl sites for hydroxylation is 1. The number of benzene rings is 1. The molecular formula is C15H19N5O. The van der Waals surface area contributed by atoms with Crippen molar-refractivity contribution < 1.29 is 4.79 Å².